The quantitative estimate of drug-likeness (QED) is 0.693. The lowest BCUT2D eigenvalue weighted by Gasteiger charge is -2.09. The SMILES string of the molecule is CSc1nnc(SCc2nc3sc4c(c3c(=O)[nH]2)CCCC4)s1. The molecule has 9 heteroatoms. The average molecular weight is 383 g/mol. The molecule has 4 rings (SSSR count). The van der Waals surface area contributed by atoms with Crippen molar-refractivity contribution in [2.75, 3.05) is 6.26 Å². The Morgan fingerprint density at radius 3 is 2.83 bits per heavy atom. The summed E-state index contributed by atoms with van der Waals surface area (Å²) in [6.07, 6.45) is 6.47. The van der Waals surface area contributed by atoms with E-state index in [-0.39, 0.29) is 5.56 Å². The normalized spacial score (nSPS) is 14.3. The third-order valence-electron chi connectivity index (χ3n) is 3.77. The number of hydrogen-bond donors (Lipinski definition) is 1. The number of aromatic amines is 1. The molecule has 1 N–H and O–H groups in total. The van der Waals surface area contributed by atoms with Crippen LogP contribution in [0.25, 0.3) is 10.2 Å². The van der Waals surface area contributed by atoms with Crippen LogP contribution in [0.15, 0.2) is 13.5 Å². The standard InChI is InChI=1S/C14H14N4OS4/c1-20-13-17-18-14(23-13)21-6-9-15-11(19)10-7-4-2-3-5-8(7)22-12(10)16-9/h2-6H2,1H3,(H,15,16,19). The molecule has 1 aliphatic carbocycles. The monoisotopic (exact) mass is 382 g/mol. The number of thiophene rings is 1. The summed E-state index contributed by atoms with van der Waals surface area (Å²) in [5.74, 6) is 1.32. The Balaban J connectivity index is 1.62. The van der Waals surface area contributed by atoms with Crippen LogP contribution in [0.1, 0.15) is 29.1 Å². The Hall–Kier alpha value is -0.900. The minimum absolute atomic E-state index is 0.00654. The summed E-state index contributed by atoms with van der Waals surface area (Å²) < 4.78 is 1.86. The molecule has 3 aromatic rings. The lowest BCUT2D eigenvalue weighted by Crippen LogP contribution is -2.12. The number of hydrogen-bond acceptors (Lipinski definition) is 8. The van der Waals surface area contributed by atoms with Crippen molar-refractivity contribution in [2.24, 2.45) is 0 Å². The Labute approximate surface area is 149 Å². The number of aromatic nitrogens is 4. The summed E-state index contributed by atoms with van der Waals surface area (Å²) in [4.78, 5) is 22.3. The van der Waals surface area contributed by atoms with Gasteiger partial charge in [-0.05, 0) is 37.5 Å². The molecule has 0 aliphatic heterocycles. The van der Waals surface area contributed by atoms with E-state index in [2.05, 4.69) is 20.2 Å². The molecule has 0 fully saturated rings. The molecule has 0 unspecified atom stereocenters. The van der Waals surface area contributed by atoms with E-state index in [4.69, 9.17) is 0 Å². The summed E-state index contributed by atoms with van der Waals surface area (Å²) >= 11 is 6.41. The van der Waals surface area contributed by atoms with Crippen molar-refractivity contribution in [1.29, 1.82) is 0 Å². The van der Waals surface area contributed by atoms with Gasteiger partial charge in [-0.3, -0.25) is 4.79 Å². The van der Waals surface area contributed by atoms with Gasteiger partial charge in [-0.2, -0.15) is 0 Å². The molecule has 3 aromatic heterocycles. The molecule has 1 aliphatic rings. The minimum Gasteiger partial charge on any atom is -0.309 e. The highest BCUT2D eigenvalue weighted by Gasteiger charge is 2.19. The zero-order valence-corrected chi connectivity index (χ0v) is 15.7. The first-order valence-electron chi connectivity index (χ1n) is 7.28. The van der Waals surface area contributed by atoms with E-state index in [0.29, 0.717) is 11.6 Å². The van der Waals surface area contributed by atoms with Crippen molar-refractivity contribution in [3.8, 4) is 0 Å². The largest absolute Gasteiger partial charge is 0.309 e. The zero-order chi connectivity index (χ0) is 15.8. The fourth-order valence-corrected chi connectivity index (χ4v) is 6.33. The maximum atomic E-state index is 12.5. The second-order valence-electron chi connectivity index (χ2n) is 5.23. The number of nitrogens with one attached hydrogen (secondary N) is 1. The van der Waals surface area contributed by atoms with E-state index >= 15 is 0 Å². The van der Waals surface area contributed by atoms with Crippen molar-refractivity contribution in [1.82, 2.24) is 20.2 Å². The van der Waals surface area contributed by atoms with Gasteiger partial charge in [-0.1, -0.05) is 34.9 Å². The van der Waals surface area contributed by atoms with Crippen LogP contribution in [-0.4, -0.2) is 26.4 Å². The number of aryl methyl sites for hydroxylation is 2. The van der Waals surface area contributed by atoms with Gasteiger partial charge in [-0.25, -0.2) is 4.98 Å². The molecule has 0 spiro atoms. The molecule has 3 heterocycles. The van der Waals surface area contributed by atoms with Gasteiger partial charge in [0.2, 0.25) is 0 Å². The molecule has 0 aromatic carbocycles. The molecule has 23 heavy (non-hydrogen) atoms. The molecule has 120 valence electrons. The number of fused-ring (bicyclic) bond motifs is 3. The van der Waals surface area contributed by atoms with Crippen LogP contribution in [0.5, 0.6) is 0 Å². The first-order valence-corrected chi connectivity index (χ1v) is 11.1. The van der Waals surface area contributed by atoms with Crippen molar-refractivity contribution in [3.63, 3.8) is 0 Å². The fourth-order valence-electron chi connectivity index (χ4n) is 2.74. The maximum Gasteiger partial charge on any atom is 0.259 e. The molecular formula is C14H14N4OS4. The zero-order valence-electron chi connectivity index (χ0n) is 12.4. The summed E-state index contributed by atoms with van der Waals surface area (Å²) in [5, 5.41) is 9.03. The van der Waals surface area contributed by atoms with Gasteiger partial charge < -0.3 is 4.98 Å². The van der Waals surface area contributed by atoms with Gasteiger partial charge in [-0.15, -0.1) is 21.5 Å². The summed E-state index contributed by atoms with van der Waals surface area (Å²) in [5.41, 5.74) is 1.24. The number of H-pyrrole nitrogens is 1. The number of nitrogens with zero attached hydrogens (tertiary/aromatic N) is 3. The van der Waals surface area contributed by atoms with E-state index < -0.39 is 0 Å². The summed E-state index contributed by atoms with van der Waals surface area (Å²) in [7, 11) is 0. The third-order valence-corrected chi connectivity index (χ3v) is 8.00. The Morgan fingerprint density at radius 2 is 2.00 bits per heavy atom. The van der Waals surface area contributed by atoms with Crippen LogP contribution in [0.2, 0.25) is 0 Å². The van der Waals surface area contributed by atoms with Crippen molar-refractivity contribution in [3.05, 3.63) is 26.6 Å². The van der Waals surface area contributed by atoms with Gasteiger partial charge >= 0.3 is 0 Å². The Bertz CT molecular complexity index is 913. The van der Waals surface area contributed by atoms with Crippen molar-refractivity contribution < 1.29 is 0 Å². The predicted molar refractivity (Wildman–Crippen MR) is 98.1 cm³/mol. The molecule has 0 saturated heterocycles. The molecule has 0 radical (unpaired) electrons. The first-order chi connectivity index (χ1) is 11.2. The lowest BCUT2D eigenvalue weighted by molar-refractivity contribution is 0.700. The first kappa shape index (κ1) is 15.6. The van der Waals surface area contributed by atoms with Crippen LogP contribution in [0, 0.1) is 0 Å². The third kappa shape index (κ3) is 3.07. The lowest BCUT2D eigenvalue weighted by atomic mass is 9.97. The van der Waals surface area contributed by atoms with E-state index in [0.717, 1.165) is 31.7 Å². The van der Waals surface area contributed by atoms with Gasteiger partial charge in [0.15, 0.2) is 8.68 Å². The molecule has 0 atom stereocenters. The number of thioether (sulfide) groups is 2. The molecule has 5 nitrogen and oxygen atoms in total. The predicted octanol–water partition coefficient (Wildman–Crippen LogP) is 3.73. The van der Waals surface area contributed by atoms with Crippen LogP contribution in [0.4, 0.5) is 0 Å². The Kier molecular flexibility index (Phi) is 4.44. The molecule has 0 saturated carbocycles. The van der Waals surface area contributed by atoms with Gasteiger partial charge in [0, 0.05) is 4.88 Å². The van der Waals surface area contributed by atoms with E-state index in [1.807, 2.05) is 6.26 Å². The highest BCUT2D eigenvalue weighted by Crippen LogP contribution is 2.34. The topological polar surface area (TPSA) is 71.5 Å². The summed E-state index contributed by atoms with van der Waals surface area (Å²) in [6, 6.07) is 0. The summed E-state index contributed by atoms with van der Waals surface area (Å²) in [6.45, 7) is 0. The highest BCUT2D eigenvalue weighted by molar-refractivity contribution is 8.02. The minimum atomic E-state index is 0.00654. The van der Waals surface area contributed by atoms with E-state index in [9.17, 15) is 4.79 Å². The average Bonchev–Trinajstić information content (AvgIpc) is 3.16. The second-order valence-corrected chi connectivity index (χ2v) is 9.57. The smallest absolute Gasteiger partial charge is 0.259 e. The van der Waals surface area contributed by atoms with Gasteiger partial charge in [0.05, 0.1) is 11.1 Å². The number of rotatable bonds is 4. The molecular weight excluding hydrogens is 368 g/mol. The van der Waals surface area contributed by atoms with E-state index in [1.165, 1.54) is 23.3 Å². The van der Waals surface area contributed by atoms with Crippen LogP contribution in [-0.2, 0) is 18.6 Å². The van der Waals surface area contributed by atoms with Gasteiger partial charge in [0.25, 0.3) is 5.56 Å². The molecule has 0 bridgehead atoms. The fraction of sp³-hybridized carbons (Fsp3) is 0.429. The van der Waals surface area contributed by atoms with Crippen molar-refractivity contribution in [2.45, 2.75) is 40.1 Å². The van der Waals surface area contributed by atoms with Gasteiger partial charge in [0.1, 0.15) is 10.7 Å². The highest BCUT2D eigenvalue weighted by atomic mass is 32.2. The van der Waals surface area contributed by atoms with Crippen molar-refractivity contribution >= 4 is 56.4 Å². The van der Waals surface area contributed by atoms with Crippen LogP contribution >= 0.6 is 46.2 Å². The van der Waals surface area contributed by atoms with E-state index in [1.54, 1.807) is 46.2 Å². The van der Waals surface area contributed by atoms with Crippen LogP contribution in [0.3, 0.4) is 0 Å². The maximum absolute atomic E-state index is 12.5. The second kappa shape index (κ2) is 6.54. The molecule has 0 amide bonds. The Morgan fingerprint density at radius 1 is 1.17 bits per heavy atom. The van der Waals surface area contributed by atoms with Crippen LogP contribution < -0.4 is 5.56 Å².